The van der Waals surface area contributed by atoms with Gasteiger partial charge < -0.3 is 0 Å². The summed E-state index contributed by atoms with van der Waals surface area (Å²) in [7, 11) is 0. The molecule has 0 radical (unpaired) electrons. The van der Waals surface area contributed by atoms with E-state index in [2.05, 4.69) is 4.98 Å². The van der Waals surface area contributed by atoms with E-state index in [0.717, 1.165) is 12.3 Å². The van der Waals surface area contributed by atoms with Gasteiger partial charge in [0.15, 0.2) is 0 Å². The van der Waals surface area contributed by atoms with Crippen molar-refractivity contribution in [3.63, 3.8) is 0 Å². The summed E-state index contributed by atoms with van der Waals surface area (Å²) in [5.74, 6) is -0.262. The van der Waals surface area contributed by atoms with Crippen molar-refractivity contribution < 1.29 is 13.2 Å². The summed E-state index contributed by atoms with van der Waals surface area (Å²) >= 11 is 10.8. The van der Waals surface area contributed by atoms with E-state index in [1.165, 1.54) is 0 Å². The molecule has 1 nitrogen and oxygen atoms in total. The zero-order valence-electron chi connectivity index (χ0n) is 6.20. The maximum atomic E-state index is 12.2. The fraction of sp³-hybridized carbons (Fsp3) is 0.286. The van der Waals surface area contributed by atoms with Crippen LogP contribution in [0.25, 0.3) is 0 Å². The van der Waals surface area contributed by atoms with E-state index in [1.807, 2.05) is 0 Å². The first-order valence-corrected chi connectivity index (χ1v) is 4.14. The second-order valence-corrected chi connectivity index (χ2v) is 3.00. The minimum absolute atomic E-state index is 0.110. The van der Waals surface area contributed by atoms with Crippen LogP contribution in [0.4, 0.5) is 13.2 Å². The topological polar surface area (TPSA) is 12.9 Å². The van der Waals surface area contributed by atoms with Gasteiger partial charge >= 0.3 is 6.18 Å². The molecule has 72 valence electrons. The lowest BCUT2D eigenvalue weighted by atomic mass is 10.2. The predicted octanol–water partition coefficient (Wildman–Crippen LogP) is 3.49. The summed E-state index contributed by atoms with van der Waals surface area (Å²) in [4.78, 5) is 3.18. The predicted molar refractivity (Wildman–Crippen MR) is 43.8 cm³/mol. The number of rotatable bonds is 1. The number of nitrogens with zero attached hydrogens (tertiary/aromatic N) is 1. The highest BCUT2D eigenvalue weighted by atomic mass is 35.5. The van der Waals surface area contributed by atoms with Crippen LogP contribution < -0.4 is 0 Å². The van der Waals surface area contributed by atoms with Gasteiger partial charge in [0.05, 0.1) is 5.02 Å². The molecule has 0 bridgehead atoms. The summed E-state index contributed by atoms with van der Waals surface area (Å²) in [5, 5.41) is 0.142. The van der Waals surface area contributed by atoms with Gasteiger partial charge in [-0.3, -0.25) is 0 Å². The van der Waals surface area contributed by atoms with E-state index in [1.54, 1.807) is 0 Å². The van der Waals surface area contributed by atoms with Gasteiger partial charge in [-0.2, -0.15) is 13.2 Å². The van der Waals surface area contributed by atoms with E-state index in [9.17, 15) is 13.2 Å². The molecule has 0 saturated heterocycles. The Kier molecular flexibility index (Phi) is 3.03. The van der Waals surface area contributed by atoms with Crippen LogP contribution in [0.1, 0.15) is 11.3 Å². The van der Waals surface area contributed by atoms with Gasteiger partial charge in [0, 0.05) is 12.1 Å². The Hall–Kier alpha value is -0.480. The van der Waals surface area contributed by atoms with Crippen molar-refractivity contribution in [3.05, 3.63) is 28.5 Å². The zero-order chi connectivity index (χ0) is 10.1. The molecule has 1 aromatic rings. The Bertz CT molecular complexity index is 311. The molecule has 0 aliphatic carbocycles. The lowest BCUT2D eigenvalue weighted by molar-refractivity contribution is -0.141. The summed E-state index contributed by atoms with van der Waals surface area (Å²) in [5.41, 5.74) is -1.09. The Morgan fingerprint density at radius 2 is 2.00 bits per heavy atom. The summed E-state index contributed by atoms with van der Waals surface area (Å²) < 4.78 is 36.6. The maximum absolute atomic E-state index is 12.2. The van der Waals surface area contributed by atoms with E-state index in [-0.39, 0.29) is 16.5 Å². The largest absolute Gasteiger partial charge is 0.433 e. The van der Waals surface area contributed by atoms with Crippen molar-refractivity contribution in [1.82, 2.24) is 4.98 Å². The first-order valence-electron chi connectivity index (χ1n) is 3.22. The van der Waals surface area contributed by atoms with E-state index < -0.39 is 11.9 Å². The molecule has 0 aliphatic rings. The minimum atomic E-state index is -4.48. The van der Waals surface area contributed by atoms with Crippen LogP contribution in [-0.4, -0.2) is 4.98 Å². The average molecular weight is 230 g/mol. The van der Waals surface area contributed by atoms with Crippen LogP contribution >= 0.6 is 23.2 Å². The number of pyridine rings is 1. The van der Waals surface area contributed by atoms with Crippen molar-refractivity contribution in [2.24, 2.45) is 0 Å². The molecule has 0 atom stereocenters. The fourth-order valence-electron chi connectivity index (χ4n) is 0.838. The van der Waals surface area contributed by atoms with Gasteiger partial charge in [-0.1, -0.05) is 11.6 Å². The molecule has 1 rings (SSSR count). The van der Waals surface area contributed by atoms with Crippen LogP contribution in [0.3, 0.4) is 0 Å². The van der Waals surface area contributed by atoms with Crippen LogP contribution in [0.2, 0.25) is 5.02 Å². The number of aromatic nitrogens is 1. The molecule has 0 spiro atoms. The van der Waals surface area contributed by atoms with Crippen molar-refractivity contribution >= 4 is 23.2 Å². The Balaban J connectivity index is 3.22. The summed E-state index contributed by atoms with van der Waals surface area (Å²) in [6.07, 6.45) is -3.53. The highest BCUT2D eigenvalue weighted by Crippen LogP contribution is 2.31. The highest BCUT2D eigenvalue weighted by molar-refractivity contribution is 6.30. The van der Waals surface area contributed by atoms with E-state index >= 15 is 0 Å². The molecular weight excluding hydrogens is 226 g/mol. The standard InChI is InChI=1S/C7H4Cl2F3N/c8-2-4-1-5(9)3-13-6(4)7(10,11)12/h1,3H,2H2. The zero-order valence-corrected chi connectivity index (χ0v) is 7.71. The van der Waals surface area contributed by atoms with Crippen LogP contribution in [0.15, 0.2) is 12.3 Å². The van der Waals surface area contributed by atoms with Crippen LogP contribution in [-0.2, 0) is 12.1 Å². The molecule has 1 aromatic heterocycles. The third-order valence-corrected chi connectivity index (χ3v) is 1.84. The molecule has 13 heavy (non-hydrogen) atoms. The lowest BCUT2D eigenvalue weighted by Crippen LogP contribution is -2.11. The number of hydrogen-bond acceptors (Lipinski definition) is 1. The average Bonchev–Trinajstić information content (AvgIpc) is 2.01. The molecule has 0 aromatic carbocycles. The molecule has 0 saturated carbocycles. The first kappa shape index (κ1) is 10.6. The number of alkyl halides is 4. The fourth-order valence-corrected chi connectivity index (χ4v) is 1.22. The van der Waals surface area contributed by atoms with E-state index in [4.69, 9.17) is 23.2 Å². The molecule has 0 amide bonds. The Morgan fingerprint density at radius 1 is 1.38 bits per heavy atom. The maximum Gasteiger partial charge on any atom is 0.433 e. The number of hydrogen-bond donors (Lipinski definition) is 0. The molecule has 0 aliphatic heterocycles. The van der Waals surface area contributed by atoms with Crippen LogP contribution in [0.5, 0.6) is 0 Å². The molecule has 6 heteroatoms. The molecule has 0 fully saturated rings. The highest BCUT2D eigenvalue weighted by Gasteiger charge is 2.34. The first-order chi connectivity index (χ1) is 5.95. The lowest BCUT2D eigenvalue weighted by Gasteiger charge is -2.09. The Morgan fingerprint density at radius 3 is 2.46 bits per heavy atom. The van der Waals surface area contributed by atoms with E-state index in [0.29, 0.717) is 0 Å². The molecule has 0 N–H and O–H groups in total. The quantitative estimate of drug-likeness (QED) is 0.673. The van der Waals surface area contributed by atoms with Gasteiger partial charge in [-0.05, 0) is 11.6 Å². The van der Waals surface area contributed by atoms with Gasteiger partial charge in [-0.25, -0.2) is 4.98 Å². The summed E-state index contributed by atoms with van der Waals surface area (Å²) in [6.45, 7) is 0. The normalized spacial score (nSPS) is 11.8. The molecule has 0 unspecified atom stereocenters. The van der Waals surface area contributed by atoms with Crippen molar-refractivity contribution in [1.29, 1.82) is 0 Å². The third-order valence-electron chi connectivity index (χ3n) is 1.35. The monoisotopic (exact) mass is 229 g/mol. The smallest absolute Gasteiger partial charge is 0.250 e. The van der Waals surface area contributed by atoms with Crippen LogP contribution in [0, 0.1) is 0 Å². The SMILES string of the molecule is FC(F)(F)c1ncc(Cl)cc1CCl. The second kappa shape index (κ2) is 3.72. The van der Waals surface area contributed by atoms with Gasteiger partial charge in [0.1, 0.15) is 5.69 Å². The third kappa shape index (κ3) is 2.48. The van der Waals surface area contributed by atoms with Gasteiger partial charge in [-0.15, -0.1) is 11.6 Å². The Labute approximate surface area is 82.5 Å². The minimum Gasteiger partial charge on any atom is -0.250 e. The molecule has 1 heterocycles. The van der Waals surface area contributed by atoms with Gasteiger partial charge in [0.25, 0.3) is 0 Å². The number of halogens is 5. The van der Waals surface area contributed by atoms with Crippen molar-refractivity contribution in [3.8, 4) is 0 Å². The van der Waals surface area contributed by atoms with Crippen molar-refractivity contribution in [2.75, 3.05) is 0 Å². The second-order valence-electron chi connectivity index (χ2n) is 2.29. The summed E-state index contributed by atoms with van der Waals surface area (Å²) in [6, 6.07) is 1.16. The van der Waals surface area contributed by atoms with Gasteiger partial charge in [0.2, 0.25) is 0 Å². The molecular formula is C7H4Cl2F3N. The van der Waals surface area contributed by atoms with Crippen molar-refractivity contribution in [2.45, 2.75) is 12.1 Å².